The number of halogens is 1. The van der Waals surface area contributed by atoms with Gasteiger partial charge in [-0.15, -0.1) is 0 Å². The zero-order chi connectivity index (χ0) is 22.1. The van der Waals surface area contributed by atoms with E-state index in [0.29, 0.717) is 24.9 Å². The molecule has 0 aliphatic carbocycles. The zero-order valence-corrected chi connectivity index (χ0v) is 18.9. The minimum atomic E-state index is -0.646. The maximum atomic E-state index is 13.2. The molecule has 6 nitrogen and oxygen atoms in total. The molecule has 0 spiro atoms. The maximum absolute atomic E-state index is 13.2. The normalized spacial score (nSPS) is 15.6. The molecule has 32 heavy (non-hydrogen) atoms. The van der Waals surface area contributed by atoms with Gasteiger partial charge >= 0.3 is 0 Å². The Hall–Kier alpha value is -2.84. The fraction of sp³-hybridized carbons (Fsp3) is 0.375. The van der Waals surface area contributed by atoms with E-state index >= 15 is 0 Å². The molecule has 0 unspecified atom stereocenters. The van der Waals surface area contributed by atoms with E-state index in [2.05, 4.69) is 19.6 Å². The quantitative estimate of drug-likeness (QED) is 0.439. The number of carbonyl (C=O) groups is 1. The first-order valence-electron chi connectivity index (χ1n) is 11.1. The van der Waals surface area contributed by atoms with Crippen LogP contribution in [0.3, 0.4) is 0 Å². The average Bonchev–Trinajstić information content (AvgIpc) is 3.35. The monoisotopic (exact) mass is 451 g/mol. The SMILES string of the molecule is Cc1cc(-c2cn3c(n2)sc2cc(C(=O)NCCCN4CCC(F)CC4)ccc23)ccn1. The number of nitrogens with zero attached hydrogens (tertiary/aromatic N) is 4. The predicted molar refractivity (Wildman–Crippen MR) is 126 cm³/mol. The van der Waals surface area contributed by atoms with Crippen molar-refractivity contribution in [2.45, 2.75) is 32.4 Å². The van der Waals surface area contributed by atoms with E-state index in [9.17, 15) is 9.18 Å². The molecule has 1 saturated heterocycles. The van der Waals surface area contributed by atoms with Crippen molar-refractivity contribution in [2.24, 2.45) is 0 Å². The molecule has 166 valence electrons. The Morgan fingerprint density at radius 2 is 2.09 bits per heavy atom. The van der Waals surface area contributed by atoms with Crippen LogP contribution in [-0.4, -0.2) is 57.5 Å². The number of likely N-dealkylation sites (tertiary alicyclic amines) is 1. The van der Waals surface area contributed by atoms with Gasteiger partial charge in [-0.1, -0.05) is 11.3 Å². The van der Waals surface area contributed by atoms with Gasteiger partial charge in [0.1, 0.15) is 6.17 Å². The third-order valence-corrected chi connectivity index (χ3v) is 7.02. The number of hydrogen-bond acceptors (Lipinski definition) is 5. The van der Waals surface area contributed by atoms with Gasteiger partial charge in [-0.25, -0.2) is 9.37 Å². The topological polar surface area (TPSA) is 62.5 Å². The second-order valence-electron chi connectivity index (χ2n) is 8.37. The summed E-state index contributed by atoms with van der Waals surface area (Å²) in [7, 11) is 0. The Kier molecular flexibility index (Phi) is 5.89. The van der Waals surface area contributed by atoms with E-state index in [1.54, 1.807) is 17.5 Å². The highest BCUT2D eigenvalue weighted by molar-refractivity contribution is 7.23. The number of pyridine rings is 1. The molecule has 1 aromatic carbocycles. The molecule has 8 heteroatoms. The molecule has 0 bridgehead atoms. The van der Waals surface area contributed by atoms with Gasteiger partial charge in [-0.05, 0) is 63.1 Å². The second kappa shape index (κ2) is 8.96. The second-order valence-corrected chi connectivity index (χ2v) is 9.38. The lowest BCUT2D eigenvalue weighted by molar-refractivity contribution is 0.0950. The number of imidazole rings is 1. The number of aromatic nitrogens is 3. The predicted octanol–water partition coefficient (Wildman–Crippen LogP) is 4.47. The number of rotatable bonds is 6. The van der Waals surface area contributed by atoms with Crippen LogP contribution in [0.4, 0.5) is 4.39 Å². The smallest absolute Gasteiger partial charge is 0.251 e. The largest absolute Gasteiger partial charge is 0.352 e. The van der Waals surface area contributed by atoms with Crippen molar-refractivity contribution in [2.75, 3.05) is 26.2 Å². The van der Waals surface area contributed by atoms with Crippen LogP contribution < -0.4 is 5.32 Å². The molecule has 0 saturated carbocycles. The third kappa shape index (κ3) is 4.38. The van der Waals surface area contributed by atoms with Crippen molar-refractivity contribution in [3.8, 4) is 11.3 Å². The van der Waals surface area contributed by atoms with E-state index in [0.717, 1.165) is 58.2 Å². The highest BCUT2D eigenvalue weighted by Gasteiger charge is 2.18. The van der Waals surface area contributed by atoms with E-state index in [1.165, 1.54) is 0 Å². The van der Waals surface area contributed by atoms with Gasteiger partial charge in [0.05, 0.1) is 15.9 Å². The Morgan fingerprint density at radius 3 is 2.91 bits per heavy atom. The van der Waals surface area contributed by atoms with Crippen LogP contribution in [0.5, 0.6) is 0 Å². The van der Waals surface area contributed by atoms with Gasteiger partial charge in [0, 0.05) is 48.8 Å². The molecule has 0 atom stereocenters. The standard InChI is InChI=1S/C24H26FN5OS/c1-16-13-17(5-9-26-16)20-15-30-21-4-3-18(14-22(21)32-24(30)28-20)23(31)27-8-2-10-29-11-6-19(25)7-12-29/h3-5,9,13-15,19H,2,6-8,10-12H2,1H3,(H,27,31). The Morgan fingerprint density at radius 1 is 1.25 bits per heavy atom. The number of fused-ring (bicyclic) bond motifs is 3. The summed E-state index contributed by atoms with van der Waals surface area (Å²) in [6.07, 6.45) is 5.31. The lowest BCUT2D eigenvalue weighted by Crippen LogP contribution is -2.36. The third-order valence-electron chi connectivity index (χ3n) is 6.00. The molecule has 1 N–H and O–H groups in total. The van der Waals surface area contributed by atoms with Crippen LogP contribution >= 0.6 is 11.3 Å². The minimum absolute atomic E-state index is 0.0617. The summed E-state index contributed by atoms with van der Waals surface area (Å²) in [5.41, 5.74) is 4.63. The molecular formula is C24H26FN5OS. The van der Waals surface area contributed by atoms with Crippen molar-refractivity contribution in [3.05, 3.63) is 54.0 Å². The van der Waals surface area contributed by atoms with Crippen molar-refractivity contribution >= 4 is 32.4 Å². The number of benzene rings is 1. The van der Waals surface area contributed by atoms with E-state index in [-0.39, 0.29) is 5.91 Å². The minimum Gasteiger partial charge on any atom is -0.352 e. The molecule has 1 aliphatic rings. The first-order valence-corrected chi connectivity index (χ1v) is 11.9. The summed E-state index contributed by atoms with van der Waals surface area (Å²) in [4.78, 5) is 24.8. The van der Waals surface area contributed by atoms with E-state index in [4.69, 9.17) is 4.98 Å². The number of carbonyl (C=O) groups excluding carboxylic acids is 1. The maximum Gasteiger partial charge on any atom is 0.251 e. The molecule has 0 radical (unpaired) electrons. The summed E-state index contributed by atoms with van der Waals surface area (Å²) in [5.74, 6) is -0.0617. The van der Waals surface area contributed by atoms with Crippen LogP contribution in [0.1, 0.15) is 35.3 Å². The first kappa shape index (κ1) is 21.0. The molecule has 1 fully saturated rings. The molecule has 1 aliphatic heterocycles. The van der Waals surface area contributed by atoms with Crippen molar-refractivity contribution in [3.63, 3.8) is 0 Å². The Balaban J connectivity index is 1.23. The van der Waals surface area contributed by atoms with E-state index in [1.807, 2.05) is 43.5 Å². The summed E-state index contributed by atoms with van der Waals surface area (Å²) in [6, 6.07) is 9.78. The van der Waals surface area contributed by atoms with Crippen molar-refractivity contribution < 1.29 is 9.18 Å². The van der Waals surface area contributed by atoms with Gasteiger partial charge in [-0.2, -0.15) is 0 Å². The molecular weight excluding hydrogens is 425 g/mol. The van der Waals surface area contributed by atoms with Gasteiger partial charge in [0.25, 0.3) is 5.91 Å². The lowest BCUT2D eigenvalue weighted by atomic mass is 10.1. The number of amides is 1. The lowest BCUT2D eigenvalue weighted by Gasteiger charge is -2.28. The fourth-order valence-corrected chi connectivity index (χ4v) is 5.26. The molecule has 4 heterocycles. The van der Waals surface area contributed by atoms with Crippen molar-refractivity contribution in [1.82, 2.24) is 24.6 Å². The number of hydrogen-bond donors (Lipinski definition) is 1. The summed E-state index contributed by atoms with van der Waals surface area (Å²) >= 11 is 1.58. The van der Waals surface area contributed by atoms with Gasteiger partial charge in [0.15, 0.2) is 4.96 Å². The van der Waals surface area contributed by atoms with Gasteiger partial charge in [0.2, 0.25) is 0 Å². The van der Waals surface area contributed by atoms with Crippen molar-refractivity contribution in [1.29, 1.82) is 0 Å². The first-order chi connectivity index (χ1) is 15.6. The Bertz CT molecular complexity index is 1260. The number of thiazole rings is 1. The number of aryl methyl sites for hydroxylation is 1. The van der Waals surface area contributed by atoms with Crippen LogP contribution in [0, 0.1) is 6.92 Å². The van der Waals surface area contributed by atoms with Crippen LogP contribution in [-0.2, 0) is 0 Å². The fourth-order valence-electron chi connectivity index (χ4n) is 4.22. The number of nitrogens with one attached hydrogen (secondary N) is 1. The van der Waals surface area contributed by atoms with Crippen LogP contribution in [0.25, 0.3) is 26.4 Å². The van der Waals surface area contributed by atoms with Gasteiger partial charge < -0.3 is 10.2 Å². The molecule has 3 aromatic heterocycles. The van der Waals surface area contributed by atoms with E-state index < -0.39 is 6.17 Å². The summed E-state index contributed by atoms with van der Waals surface area (Å²) in [6.45, 7) is 5.11. The molecule has 1 amide bonds. The Labute approximate surface area is 190 Å². The molecule has 5 rings (SSSR count). The van der Waals surface area contributed by atoms with Crippen LogP contribution in [0.2, 0.25) is 0 Å². The molecule has 4 aromatic rings. The van der Waals surface area contributed by atoms with Crippen LogP contribution in [0.15, 0.2) is 42.7 Å². The highest BCUT2D eigenvalue weighted by atomic mass is 32.1. The summed E-state index contributed by atoms with van der Waals surface area (Å²) in [5, 5.41) is 3.01. The highest BCUT2D eigenvalue weighted by Crippen LogP contribution is 2.30. The number of piperidine rings is 1. The average molecular weight is 452 g/mol. The summed E-state index contributed by atoms with van der Waals surface area (Å²) < 4.78 is 16.3. The zero-order valence-electron chi connectivity index (χ0n) is 18.1. The number of alkyl halides is 1. The van der Waals surface area contributed by atoms with Gasteiger partial charge in [-0.3, -0.25) is 14.2 Å².